The maximum Gasteiger partial charge on any atom is 0.257 e. The lowest BCUT2D eigenvalue weighted by molar-refractivity contribution is 0.102. The zero-order valence-corrected chi connectivity index (χ0v) is 15.3. The number of halogens is 1. The average Bonchev–Trinajstić information content (AvgIpc) is 2.68. The molecule has 3 rings (SSSR count). The van der Waals surface area contributed by atoms with Crippen LogP contribution in [-0.4, -0.2) is 16.7 Å². The van der Waals surface area contributed by atoms with Crippen molar-refractivity contribution in [1.82, 2.24) is 4.98 Å². The molecule has 0 saturated carbocycles. The van der Waals surface area contributed by atoms with E-state index in [9.17, 15) is 4.79 Å². The van der Waals surface area contributed by atoms with Gasteiger partial charge in [-0.2, -0.15) is 0 Å². The second-order valence-corrected chi connectivity index (χ2v) is 6.52. The third-order valence-corrected chi connectivity index (χ3v) is 4.40. The number of pyridine rings is 1. The van der Waals surface area contributed by atoms with Crippen LogP contribution in [0.2, 0.25) is 5.02 Å². The van der Waals surface area contributed by atoms with Gasteiger partial charge >= 0.3 is 0 Å². The Bertz CT molecular complexity index is 953. The Labute approximate surface area is 162 Å². The molecule has 5 nitrogen and oxygen atoms in total. The van der Waals surface area contributed by atoms with Gasteiger partial charge in [0.15, 0.2) is 0 Å². The highest BCUT2D eigenvalue weighted by atomic mass is 35.5. The number of rotatable bonds is 6. The molecule has 0 fully saturated rings. The molecule has 0 atom stereocenters. The van der Waals surface area contributed by atoms with Crippen molar-refractivity contribution in [3.05, 3.63) is 94.1 Å². The van der Waals surface area contributed by atoms with Gasteiger partial charge in [-0.05, 0) is 42.2 Å². The summed E-state index contributed by atoms with van der Waals surface area (Å²) < 4.78 is 0. The number of anilines is 1. The lowest BCUT2D eigenvalue weighted by Gasteiger charge is -2.10. The van der Waals surface area contributed by atoms with Gasteiger partial charge in [0.1, 0.15) is 11.7 Å². The van der Waals surface area contributed by atoms with Gasteiger partial charge < -0.3 is 11.1 Å². The second kappa shape index (κ2) is 8.47. The molecule has 0 aliphatic rings. The Morgan fingerprint density at radius 2 is 1.78 bits per heavy atom. The summed E-state index contributed by atoms with van der Waals surface area (Å²) in [6.45, 7) is 0. The number of amidine groups is 1. The van der Waals surface area contributed by atoms with Gasteiger partial charge in [0.25, 0.3) is 5.91 Å². The van der Waals surface area contributed by atoms with Crippen molar-refractivity contribution in [3.63, 3.8) is 0 Å². The maximum atomic E-state index is 12.6. The minimum absolute atomic E-state index is 0.0550. The van der Waals surface area contributed by atoms with Crippen molar-refractivity contribution in [2.24, 2.45) is 5.73 Å². The topological polar surface area (TPSA) is 91.9 Å². The average molecular weight is 379 g/mol. The summed E-state index contributed by atoms with van der Waals surface area (Å²) in [6.07, 6.45) is 2.99. The number of carbonyl (C=O) groups excluding carboxylic acids is 1. The standard InChI is InChI=1S/C21H19ClN4O/c22-17-11-12-19(25-13-17)26-21(27)18-4-2-1-3-15(18)8-5-14-6-9-16(10-7-14)20(23)24/h1-4,6-7,9-13H,5,8H2,(H3,23,24)(H,25,26,27). The first-order chi connectivity index (χ1) is 13.0. The molecule has 1 heterocycles. The van der Waals surface area contributed by atoms with Crippen molar-refractivity contribution >= 4 is 29.2 Å². The van der Waals surface area contributed by atoms with E-state index in [2.05, 4.69) is 10.3 Å². The fraction of sp³-hybridized carbons (Fsp3) is 0.0952. The summed E-state index contributed by atoms with van der Waals surface area (Å²) in [5.41, 5.74) is 8.88. The number of benzene rings is 2. The predicted octanol–water partition coefficient (Wildman–Crippen LogP) is 4.06. The highest BCUT2D eigenvalue weighted by molar-refractivity contribution is 6.30. The number of aromatic nitrogens is 1. The monoisotopic (exact) mass is 378 g/mol. The van der Waals surface area contributed by atoms with Crippen LogP contribution in [0.25, 0.3) is 0 Å². The molecule has 0 radical (unpaired) electrons. The van der Waals surface area contributed by atoms with Crippen LogP contribution in [0.5, 0.6) is 0 Å². The quantitative estimate of drug-likeness (QED) is 0.446. The largest absolute Gasteiger partial charge is 0.384 e. The van der Waals surface area contributed by atoms with Gasteiger partial charge in [-0.25, -0.2) is 4.98 Å². The summed E-state index contributed by atoms with van der Waals surface area (Å²) in [5.74, 6) is 0.311. The highest BCUT2D eigenvalue weighted by Crippen LogP contribution is 2.16. The van der Waals surface area contributed by atoms with Crippen molar-refractivity contribution in [2.75, 3.05) is 5.32 Å². The van der Waals surface area contributed by atoms with Crippen LogP contribution in [0.4, 0.5) is 5.82 Å². The lowest BCUT2D eigenvalue weighted by Crippen LogP contribution is -2.15. The molecule has 0 bridgehead atoms. The summed E-state index contributed by atoms with van der Waals surface area (Å²) in [7, 11) is 0. The van der Waals surface area contributed by atoms with E-state index in [1.54, 1.807) is 18.2 Å². The van der Waals surface area contributed by atoms with E-state index < -0.39 is 0 Å². The Morgan fingerprint density at radius 3 is 2.44 bits per heavy atom. The SMILES string of the molecule is N=C(N)c1ccc(CCc2ccccc2C(=O)Nc2ccc(Cl)cn2)cc1. The number of nitrogens with one attached hydrogen (secondary N) is 2. The first-order valence-electron chi connectivity index (χ1n) is 8.47. The first kappa shape index (κ1) is 18.6. The summed E-state index contributed by atoms with van der Waals surface area (Å²) in [5, 5.41) is 10.8. The number of nitrogen functional groups attached to an aromatic ring is 1. The molecule has 27 heavy (non-hydrogen) atoms. The minimum Gasteiger partial charge on any atom is -0.384 e. The van der Waals surface area contributed by atoms with Crippen molar-refractivity contribution in [2.45, 2.75) is 12.8 Å². The Morgan fingerprint density at radius 1 is 1.04 bits per heavy atom. The molecule has 0 saturated heterocycles. The van der Waals surface area contributed by atoms with Crippen LogP contribution >= 0.6 is 11.6 Å². The Balaban J connectivity index is 1.70. The van der Waals surface area contributed by atoms with Crippen LogP contribution in [-0.2, 0) is 12.8 Å². The van der Waals surface area contributed by atoms with Gasteiger partial charge in [0, 0.05) is 17.3 Å². The molecule has 0 spiro atoms. The summed E-state index contributed by atoms with van der Waals surface area (Å²) in [6, 6.07) is 18.5. The van der Waals surface area contributed by atoms with E-state index in [1.807, 2.05) is 42.5 Å². The second-order valence-electron chi connectivity index (χ2n) is 6.08. The van der Waals surface area contributed by atoms with Crippen LogP contribution in [0.15, 0.2) is 66.9 Å². The van der Waals surface area contributed by atoms with Crippen LogP contribution in [0.1, 0.15) is 27.0 Å². The van der Waals surface area contributed by atoms with Crippen LogP contribution in [0.3, 0.4) is 0 Å². The molecule has 136 valence electrons. The van der Waals surface area contributed by atoms with Gasteiger partial charge in [-0.15, -0.1) is 0 Å². The third kappa shape index (κ3) is 4.92. The smallest absolute Gasteiger partial charge is 0.257 e. The molecule has 1 amide bonds. The summed E-state index contributed by atoms with van der Waals surface area (Å²) in [4.78, 5) is 16.7. The number of hydrogen-bond acceptors (Lipinski definition) is 3. The van der Waals surface area contributed by atoms with Gasteiger partial charge in [-0.1, -0.05) is 54.1 Å². The third-order valence-electron chi connectivity index (χ3n) is 4.18. The van der Waals surface area contributed by atoms with Gasteiger partial charge in [0.05, 0.1) is 5.02 Å². The van der Waals surface area contributed by atoms with E-state index in [1.165, 1.54) is 6.20 Å². The Kier molecular flexibility index (Phi) is 5.84. The molecule has 2 aromatic carbocycles. The van der Waals surface area contributed by atoms with E-state index in [4.69, 9.17) is 22.7 Å². The number of aryl methyl sites for hydroxylation is 2. The van der Waals surface area contributed by atoms with Gasteiger partial charge in [0.2, 0.25) is 0 Å². The zero-order valence-electron chi connectivity index (χ0n) is 14.6. The summed E-state index contributed by atoms with van der Waals surface area (Å²) >= 11 is 5.82. The first-order valence-corrected chi connectivity index (χ1v) is 8.85. The minimum atomic E-state index is -0.202. The number of hydrogen-bond donors (Lipinski definition) is 3. The fourth-order valence-corrected chi connectivity index (χ4v) is 2.84. The molecule has 6 heteroatoms. The fourth-order valence-electron chi connectivity index (χ4n) is 2.72. The normalized spacial score (nSPS) is 10.4. The van der Waals surface area contributed by atoms with Crippen LogP contribution in [0, 0.1) is 5.41 Å². The van der Waals surface area contributed by atoms with Crippen molar-refractivity contribution in [1.29, 1.82) is 5.41 Å². The van der Waals surface area contributed by atoms with E-state index in [0.29, 0.717) is 22.0 Å². The highest BCUT2D eigenvalue weighted by Gasteiger charge is 2.12. The maximum absolute atomic E-state index is 12.6. The number of nitrogens with zero attached hydrogens (tertiary/aromatic N) is 1. The predicted molar refractivity (Wildman–Crippen MR) is 109 cm³/mol. The van der Waals surface area contributed by atoms with E-state index in [0.717, 1.165) is 24.0 Å². The van der Waals surface area contributed by atoms with Crippen molar-refractivity contribution < 1.29 is 4.79 Å². The van der Waals surface area contributed by atoms with E-state index in [-0.39, 0.29) is 11.7 Å². The van der Waals surface area contributed by atoms with E-state index >= 15 is 0 Å². The lowest BCUT2D eigenvalue weighted by atomic mass is 9.98. The van der Waals surface area contributed by atoms with Crippen molar-refractivity contribution in [3.8, 4) is 0 Å². The molecule has 4 N–H and O–H groups in total. The number of carbonyl (C=O) groups is 1. The molecule has 0 unspecified atom stereocenters. The zero-order chi connectivity index (χ0) is 19.2. The molecular formula is C21H19ClN4O. The number of nitrogens with two attached hydrogens (primary N) is 1. The molecule has 0 aliphatic carbocycles. The molecular weight excluding hydrogens is 360 g/mol. The Hall–Kier alpha value is -3.18. The number of amides is 1. The molecule has 3 aromatic rings. The molecule has 1 aromatic heterocycles. The van der Waals surface area contributed by atoms with Crippen LogP contribution < -0.4 is 11.1 Å². The molecule has 0 aliphatic heterocycles. The van der Waals surface area contributed by atoms with Gasteiger partial charge in [-0.3, -0.25) is 10.2 Å².